The number of rotatable bonds is 7. The van der Waals surface area contributed by atoms with Crippen molar-refractivity contribution < 1.29 is 19.1 Å². The highest BCUT2D eigenvalue weighted by Gasteiger charge is 2.38. The van der Waals surface area contributed by atoms with Crippen molar-refractivity contribution in [2.45, 2.75) is 65.0 Å². The van der Waals surface area contributed by atoms with Crippen molar-refractivity contribution in [3.63, 3.8) is 0 Å². The number of carbonyl (C=O) groups excluding carboxylic acids is 3. The molecule has 1 rings (SSSR count). The highest BCUT2D eigenvalue weighted by Crippen LogP contribution is 2.23. The van der Waals surface area contributed by atoms with Crippen LogP contribution in [-0.2, 0) is 19.1 Å². The Kier molecular flexibility index (Phi) is 5.48. The smallest absolute Gasteiger partial charge is 0.329 e. The van der Waals surface area contributed by atoms with Crippen molar-refractivity contribution in [3.8, 4) is 0 Å². The molecule has 5 nitrogen and oxygen atoms in total. The van der Waals surface area contributed by atoms with Crippen molar-refractivity contribution in [3.05, 3.63) is 12.2 Å². The molecule has 0 aliphatic carbocycles. The third-order valence-corrected chi connectivity index (χ3v) is 3.83. The normalized spacial score (nSPS) is 16.7. The van der Waals surface area contributed by atoms with E-state index in [1.165, 1.54) is 12.2 Å². The summed E-state index contributed by atoms with van der Waals surface area (Å²) >= 11 is 0. The maximum Gasteiger partial charge on any atom is 0.329 e. The van der Waals surface area contributed by atoms with Crippen molar-refractivity contribution in [2.24, 2.45) is 0 Å². The molecule has 20 heavy (non-hydrogen) atoms. The van der Waals surface area contributed by atoms with Gasteiger partial charge < -0.3 is 4.74 Å². The molecule has 112 valence electrons. The molecule has 0 N–H and O–H groups in total. The Hall–Kier alpha value is -1.65. The van der Waals surface area contributed by atoms with E-state index in [9.17, 15) is 14.4 Å². The van der Waals surface area contributed by atoms with Crippen LogP contribution in [0.25, 0.3) is 0 Å². The molecule has 1 atom stereocenters. The predicted molar refractivity (Wildman–Crippen MR) is 74.8 cm³/mol. The average Bonchev–Trinajstić information content (AvgIpc) is 2.75. The minimum atomic E-state index is -0.826. The average molecular weight is 281 g/mol. The van der Waals surface area contributed by atoms with Crippen LogP contribution >= 0.6 is 0 Å². The van der Waals surface area contributed by atoms with Gasteiger partial charge in [-0.2, -0.15) is 0 Å². The molecule has 1 heterocycles. The van der Waals surface area contributed by atoms with Crippen LogP contribution in [0.4, 0.5) is 0 Å². The summed E-state index contributed by atoms with van der Waals surface area (Å²) in [6.07, 6.45) is 4.87. The van der Waals surface area contributed by atoms with Gasteiger partial charge in [0.2, 0.25) is 0 Å². The zero-order valence-electron chi connectivity index (χ0n) is 12.6. The molecule has 1 aliphatic rings. The minimum absolute atomic E-state index is 0.418. The summed E-state index contributed by atoms with van der Waals surface area (Å²) in [7, 11) is 0. The number of esters is 1. The maximum absolute atomic E-state index is 12.3. The second kappa shape index (κ2) is 6.68. The van der Waals surface area contributed by atoms with Crippen LogP contribution in [0.15, 0.2) is 12.2 Å². The summed E-state index contributed by atoms with van der Waals surface area (Å²) in [6, 6.07) is -0.826. The van der Waals surface area contributed by atoms with Crippen LogP contribution in [0.2, 0.25) is 0 Å². The van der Waals surface area contributed by atoms with Gasteiger partial charge in [-0.1, -0.05) is 27.2 Å². The Bertz CT molecular complexity index is 406. The van der Waals surface area contributed by atoms with Crippen molar-refractivity contribution in [2.75, 3.05) is 0 Å². The Morgan fingerprint density at radius 2 is 1.70 bits per heavy atom. The number of nitrogens with zero attached hydrogens (tertiary/aromatic N) is 1. The van der Waals surface area contributed by atoms with Gasteiger partial charge in [0.15, 0.2) is 0 Å². The van der Waals surface area contributed by atoms with Gasteiger partial charge in [0, 0.05) is 12.2 Å². The first-order valence-corrected chi connectivity index (χ1v) is 7.16. The Morgan fingerprint density at radius 3 is 2.10 bits per heavy atom. The van der Waals surface area contributed by atoms with E-state index < -0.39 is 29.4 Å². The molecule has 5 heteroatoms. The van der Waals surface area contributed by atoms with Gasteiger partial charge in [-0.25, -0.2) is 4.79 Å². The van der Waals surface area contributed by atoms with E-state index in [2.05, 4.69) is 0 Å². The third kappa shape index (κ3) is 3.46. The quantitative estimate of drug-likeness (QED) is 0.530. The van der Waals surface area contributed by atoms with E-state index in [1.54, 1.807) is 0 Å². The number of hydrogen-bond acceptors (Lipinski definition) is 4. The molecule has 1 unspecified atom stereocenters. The zero-order chi connectivity index (χ0) is 15.3. The van der Waals surface area contributed by atoms with Gasteiger partial charge in [-0.3, -0.25) is 14.5 Å². The minimum Gasteiger partial charge on any atom is -0.458 e. The lowest BCUT2D eigenvalue weighted by molar-refractivity contribution is -0.169. The lowest BCUT2D eigenvalue weighted by Gasteiger charge is -2.31. The second-order valence-corrected chi connectivity index (χ2v) is 5.26. The SMILES string of the molecule is CCCC(C(=O)OC(C)(CC)CC)N1C(=O)C=CC1=O. The van der Waals surface area contributed by atoms with Gasteiger partial charge in [0.1, 0.15) is 11.6 Å². The first-order valence-electron chi connectivity index (χ1n) is 7.16. The van der Waals surface area contributed by atoms with Gasteiger partial charge in [-0.05, 0) is 26.2 Å². The van der Waals surface area contributed by atoms with E-state index in [1.807, 2.05) is 27.7 Å². The van der Waals surface area contributed by atoms with E-state index >= 15 is 0 Å². The highest BCUT2D eigenvalue weighted by molar-refractivity contribution is 6.14. The number of carbonyl (C=O) groups is 3. The first-order chi connectivity index (χ1) is 9.38. The van der Waals surface area contributed by atoms with Crippen LogP contribution in [0, 0.1) is 0 Å². The topological polar surface area (TPSA) is 63.7 Å². The molecule has 2 amide bonds. The van der Waals surface area contributed by atoms with Gasteiger partial charge >= 0.3 is 5.97 Å². The fraction of sp³-hybridized carbons (Fsp3) is 0.667. The lowest BCUT2D eigenvalue weighted by atomic mass is 9.99. The van der Waals surface area contributed by atoms with Crippen molar-refractivity contribution in [1.82, 2.24) is 4.90 Å². The molecule has 0 spiro atoms. The van der Waals surface area contributed by atoms with Crippen molar-refractivity contribution in [1.29, 1.82) is 0 Å². The molecule has 1 aliphatic heterocycles. The summed E-state index contributed by atoms with van der Waals surface area (Å²) in [4.78, 5) is 36.8. The fourth-order valence-corrected chi connectivity index (χ4v) is 2.05. The van der Waals surface area contributed by atoms with Crippen LogP contribution in [0.5, 0.6) is 0 Å². The zero-order valence-corrected chi connectivity index (χ0v) is 12.6. The molecule has 0 aromatic rings. The maximum atomic E-state index is 12.3. The molecular weight excluding hydrogens is 258 g/mol. The van der Waals surface area contributed by atoms with Crippen LogP contribution in [0.1, 0.15) is 53.4 Å². The molecule has 0 aromatic carbocycles. The molecule has 0 saturated heterocycles. The number of imide groups is 1. The van der Waals surface area contributed by atoms with E-state index in [0.717, 1.165) is 4.90 Å². The molecule has 0 radical (unpaired) electrons. The fourth-order valence-electron chi connectivity index (χ4n) is 2.05. The highest BCUT2D eigenvalue weighted by atomic mass is 16.6. The molecule has 0 fully saturated rings. The number of amides is 2. The monoisotopic (exact) mass is 281 g/mol. The van der Waals surface area contributed by atoms with E-state index in [0.29, 0.717) is 25.7 Å². The third-order valence-electron chi connectivity index (χ3n) is 3.83. The molecular formula is C15H23NO4. The largest absolute Gasteiger partial charge is 0.458 e. The van der Waals surface area contributed by atoms with Gasteiger partial charge in [0.25, 0.3) is 11.8 Å². The van der Waals surface area contributed by atoms with Crippen LogP contribution in [-0.4, -0.2) is 34.3 Å². The summed E-state index contributed by atoms with van der Waals surface area (Å²) in [6.45, 7) is 7.65. The summed E-state index contributed by atoms with van der Waals surface area (Å²) in [5.41, 5.74) is -0.553. The van der Waals surface area contributed by atoms with E-state index in [-0.39, 0.29) is 0 Å². The van der Waals surface area contributed by atoms with Crippen LogP contribution in [0.3, 0.4) is 0 Å². The standard InChI is InChI=1S/C15H23NO4/c1-5-8-11(16-12(17)9-10-13(16)18)14(19)20-15(4,6-2)7-3/h9-11H,5-8H2,1-4H3. The molecule has 0 aromatic heterocycles. The summed E-state index contributed by atoms with van der Waals surface area (Å²) in [5, 5.41) is 0. The molecule has 0 bridgehead atoms. The summed E-state index contributed by atoms with van der Waals surface area (Å²) in [5.74, 6) is -1.39. The van der Waals surface area contributed by atoms with E-state index in [4.69, 9.17) is 4.74 Å². The summed E-state index contributed by atoms with van der Waals surface area (Å²) < 4.78 is 5.55. The Labute approximate surface area is 120 Å². The predicted octanol–water partition coefficient (Wildman–Crippen LogP) is 2.20. The lowest BCUT2D eigenvalue weighted by Crippen LogP contribution is -2.48. The van der Waals surface area contributed by atoms with Gasteiger partial charge in [0.05, 0.1) is 0 Å². The van der Waals surface area contributed by atoms with Crippen LogP contribution < -0.4 is 0 Å². The second-order valence-electron chi connectivity index (χ2n) is 5.26. The Morgan fingerprint density at radius 1 is 1.20 bits per heavy atom. The van der Waals surface area contributed by atoms with Gasteiger partial charge in [-0.15, -0.1) is 0 Å². The number of hydrogen-bond donors (Lipinski definition) is 0. The number of ether oxygens (including phenoxy) is 1. The Balaban J connectivity index is 2.88. The first kappa shape index (κ1) is 16.4. The van der Waals surface area contributed by atoms with Crippen molar-refractivity contribution >= 4 is 17.8 Å². The molecule has 0 saturated carbocycles.